The minimum Gasteiger partial charge on any atom is -0.270 e. The van der Waals surface area contributed by atoms with E-state index >= 15 is 0 Å². The van der Waals surface area contributed by atoms with Crippen molar-refractivity contribution in [2.24, 2.45) is 0 Å². The largest absolute Gasteiger partial charge is 0.270 e. The molecular formula is C5H6FIN2. The lowest BCUT2D eigenvalue weighted by atomic mass is 10.5. The van der Waals surface area contributed by atoms with Crippen LogP contribution in [0.2, 0.25) is 0 Å². The molecule has 0 aliphatic heterocycles. The van der Waals surface area contributed by atoms with Crippen LogP contribution in [0.5, 0.6) is 0 Å². The Morgan fingerprint density at radius 3 is 2.22 bits per heavy atom. The minimum absolute atomic E-state index is 0.373. The van der Waals surface area contributed by atoms with E-state index in [1.54, 1.807) is 16.6 Å². The first-order chi connectivity index (χ1) is 4.13. The van der Waals surface area contributed by atoms with Gasteiger partial charge in [-0.25, -0.2) is 4.98 Å². The molecule has 1 rings (SSSR count). The lowest BCUT2D eigenvalue weighted by Crippen LogP contribution is -1.84. The molecule has 0 atom stereocenters. The molecule has 0 N–H and O–H groups in total. The first kappa shape index (κ1) is 6.98. The topological polar surface area (TPSA) is 17.8 Å². The normalized spacial score (nSPS) is 10.2. The standard InChI is InChI=1S/C5H6FIN2/c1-3-5(6)8-4(2)9(3)7/h1-2H3. The highest BCUT2D eigenvalue weighted by molar-refractivity contribution is 14.1. The Morgan fingerprint density at radius 2 is 2.11 bits per heavy atom. The second kappa shape index (κ2) is 2.24. The summed E-state index contributed by atoms with van der Waals surface area (Å²) in [5.74, 6) is 0.326. The van der Waals surface area contributed by atoms with Crippen molar-refractivity contribution in [2.45, 2.75) is 13.8 Å². The SMILES string of the molecule is Cc1nc(F)c(C)n1I. The summed E-state index contributed by atoms with van der Waals surface area (Å²) >= 11 is 2.00. The second-order valence-electron chi connectivity index (χ2n) is 1.82. The minimum atomic E-state index is -0.373. The van der Waals surface area contributed by atoms with E-state index in [2.05, 4.69) is 4.98 Å². The number of imidazole rings is 1. The number of hydrogen-bond donors (Lipinski definition) is 0. The van der Waals surface area contributed by atoms with Crippen molar-refractivity contribution in [1.82, 2.24) is 7.76 Å². The molecule has 0 aliphatic rings. The molecule has 4 heteroatoms. The van der Waals surface area contributed by atoms with Crippen LogP contribution in [-0.2, 0) is 0 Å². The molecule has 1 heterocycles. The molecule has 0 bridgehead atoms. The van der Waals surface area contributed by atoms with E-state index in [0.29, 0.717) is 11.5 Å². The van der Waals surface area contributed by atoms with Crippen molar-refractivity contribution in [3.63, 3.8) is 0 Å². The van der Waals surface area contributed by atoms with Gasteiger partial charge in [0.15, 0.2) is 0 Å². The second-order valence-corrected chi connectivity index (χ2v) is 2.78. The van der Waals surface area contributed by atoms with Gasteiger partial charge in [0, 0.05) is 0 Å². The van der Waals surface area contributed by atoms with Crippen LogP contribution in [-0.4, -0.2) is 7.76 Å². The fraction of sp³-hybridized carbons (Fsp3) is 0.400. The Bertz CT molecular complexity index is 209. The van der Waals surface area contributed by atoms with Gasteiger partial charge in [-0.15, -0.1) is 0 Å². The molecule has 0 saturated carbocycles. The third kappa shape index (κ3) is 1.08. The van der Waals surface area contributed by atoms with Gasteiger partial charge in [-0.2, -0.15) is 4.39 Å². The van der Waals surface area contributed by atoms with Gasteiger partial charge in [0.25, 0.3) is 0 Å². The van der Waals surface area contributed by atoms with Crippen molar-refractivity contribution < 1.29 is 4.39 Å². The molecule has 0 radical (unpaired) electrons. The van der Waals surface area contributed by atoms with E-state index in [9.17, 15) is 4.39 Å². The summed E-state index contributed by atoms with van der Waals surface area (Å²) in [6.45, 7) is 3.46. The van der Waals surface area contributed by atoms with Crippen LogP contribution in [0, 0.1) is 19.8 Å². The summed E-state index contributed by atoms with van der Waals surface area (Å²) in [6.07, 6.45) is 0. The van der Waals surface area contributed by atoms with Gasteiger partial charge >= 0.3 is 0 Å². The number of halogens is 2. The van der Waals surface area contributed by atoms with Crippen LogP contribution in [0.3, 0.4) is 0 Å². The Morgan fingerprint density at radius 1 is 1.56 bits per heavy atom. The van der Waals surface area contributed by atoms with Crippen LogP contribution in [0.25, 0.3) is 0 Å². The zero-order valence-electron chi connectivity index (χ0n) is 5.15. The first-order valence-electron chi connectivity index (χ1n) is 2.50. The highest BCUT2D eigenvalue weighted by Gasteiger charge is 2.06. The summed E-state index contributed by atoms with van der Waals surface area (Å²) in [6, 6.07) is 0. The zero-order valence-corrected chi connectivity index (χ0v) is 7.31. The lowest BCUT2D eigenvalue weighted by molar-refractivity contribution is 0.580. The number of aryl methyl sites for hydroxylation is 1. The van der Waals surface area contributed by atoms with Gasteiger partial charge in [0.1, 0.15) is 5.82 Å². The maximum atomic E-state index is 12.5. The van der Waals surface area contributed by atoms with Crippen LogP contribution in [0.1, 0.15) is 11.5 Å². The molecule has 1 aromatic rings. The Labute approximate surface area is 66.6 Å². The number of hydrogen-bond acceptors (Lipinski definition) is 1. The van der Waals surface area contributed by atoms with Gasteiger partial charge in [0.05, 0.1) is 28.6 Å². The molecule has 0 aliphatic carbocycles. The predicted molar refractivity (Wildman–Crippen MR) is 41.1 cm³/mol. The fourth-order valence-electron chi connectivity index (χ4n) is 0.591. The molecule has 50 valence electrons. The number of aromatic nitrogens is 2. The number of rotatable bonds is 0. The van der Waals surface area contributed by atoms with E-state index in [1.165, 1.54) is 0 Å². The Hall–Kier alpha value is -0.130. The first-order valence-corrected chi connectivity index (χ1v) is 3.47. The van der Waals surface area contributed by atoms with Crippen LogP contribution >= 0.6 is 22.9 Å². The van der Waals surface area contributed by atoms with Crippen molar-refractivity contribution in [2.75, 3.05) is 0 Å². The smallest absolute Gasteiger partial charge is 0.234 e. The summed E-state index contributed by atoms with van der Waals surface area (Å²) in [7, 11) is 0. The summed E-state index contributed by atoms with van der Waals surface area (Å²) in [5, 5.41) is 0. The molecule has 9 heavy (non-hydrogen) atoms. The highest BCUT2D eigenvalue weighted by atomic mass is 127. The predicted octanol–water partition coefficient (Wildman–Crippen LogP) is 1.84. The van der Waals surface area contributed by atoms with Gasteiger partial charge in [0.2, 0.25) is 5.95 Å². The summed E-state index contributed by atoms with van der Waals surface area (Å²) < 4.78 is 14.2. The average molecular weight is 240 g/mol. The van der Waals surface area contributed by atoms with E-state index in [0.717, 1.165) is 0 Å². The van der Waals surface area contributed by atoms with Gasteiger partial charge in [-0.3, -0.25) is 2.78 Å². The molecule has 0 unspecified atom stereocenters. The molecule has 0 saturated heterocycles. The fourth-order valence-corrected chi connectivity index (χ4v) is 0.897. The molecule has 1 aromatic heterocycles. The van der Waals surface area contributed by atoms with Gasteiger partial charge in [-0.05, 0) is 13.8 Å². The van der Waals surface area contributed by atoms with Crippen LogP contribution < -0.4 is 0 Å². The highest BCUT2D eigenvalue weighted by Crippen LogP contribution is 2.10. The molecular weight excluding hydrogens is 234 g/mol. The zero-order chi connectivity index (χ0) is 7.02. The maximum absolute atomic E-state index is 12.5. The van der Waals surface area contributed by atoms with Crippen molar-refractivity contribution in [1.29, 1.82) is 0 Å². The average Bonchev–Trinajstić information content (AvgIpc) is 1.98. The van der Waals surface area contributed by atoms with E-state index < -0.39 is 0 Å². The van der Waals surface area contributed by atoms with Crippen LogP contribution in [0.4, 0.5) is 4.39 Å². The molecule has 0 aromatic carbocycles. The third-order valence-corrected chi connectivity index (χ3v) is 2.56. The van der Waals surface area contributed by atoms with E-state index in [4.69, 9.17) is 0 Å². The quantitative estimate of drug-likeness (QED) is 0.632. The van der Waals surface area contributed by atoms with Crippen molar-refractivity contribution in [3.05, 3.63) is 17.5 Å². The molecule has 0 amide bonds. The molecule has 0 spiro atoms. The monoisotopic (exact) mass is 240 g/mol. The molecule has 2 nitrogen and oxygen atoms in total. The Kier molecular flexibility index (Phi) is 1.74. The summed E-state index contributed by atoms with van der Waals surface area (Å²) in [4.78, 5) is 3.60. The lowest BCUT2D eigenvalue weighted by Gasteiger charge is -1.90. The number of nitrogens with zero attached hydrogens (tertiary/aromatic N) is 2. The van der Waals surface area contributed by atoms with Crippen molar-refractivity contribution in [3.8, 4) is 0 Å². The maximum Gasteiger partial charge on any atom is 0.234 e. The molecule has 0 fully saturated rings. The third-order valence-electron chi connectivity index (χ3n) is 1.14. The van der Waals surface area contributed by atoms with Crippen LogP contribution in [0.15, 0.2) is 0 Å². The summed E-state index contributed by atoms with van der Waals surface area (Å²) in [5.41, 5.74) is 0.577. The van der Waals surface area contributed by atoms with E-state index in [1.807, 2.05) is 22.9 Å². The van der Waals surface area contributed by atoms with Gasteiger partial charge in [-0.1, -0.05) is 0 Å². The van der Waals surface area contributed by atoms with E-state index in [-0.39, 0.29) is 5.95 Å². The van der Waals surface area contributed by atoms with Gasteiger partial charge < -0.3 is 0 Å². The Balaban J connectivity index is 3.29. The van der Waals surface area contributed by atoms with Crippen molar-refractivity contribution >= 4 is 22.9 Å².